The Hall–Kier alpha value is -2.08. The lowest BCUT2D eigenvalue weighted by Crippen LogP contribution is -2.37. The molecule has 1 heterocycles. The monoisotopic (exact) mass is 277 g/mol. The smallest absolute Gasteiger partial charge is 0.411 e. The molecular weight excluding hydrogens is 258 g/mol. The first-order valence-electron chi connectivity index (χ1n) is 6.65. The third-order valence-electron chi connectivity index (χ3n) is 3.25. The molecular formula is C14H19N3O3. The maximum Gasteiger partial charge on any atom is 0.411 e. The third-order valence-corrected chi connectivity index (χ3v) is 3.25. The van der Waals surface area contributed by atoms with Crippen molar-refractivity contribution in [2.75, 3.05) is 30.8 Å². The molecule has 2 amide bonds. The number of hydrogen-bond donors (Lipinski definition) is 3. The summed E-state index contributed by atoms with van der Waals surface area (Å²) in [6.07, 6.45) is 1.43. The molecule has 3 N–H and O–H groups in total. The van der Waals surface area contributed by atoms with E-state index in [9.17, 15) is 9.59 Å². The van der Waals surface area contributed by atoms with Crippen molar-refractivity contribution >= 4 is 23.4 Å². The minimum atomic E-state index is -0.518. The lowest BCUT2D eigenvalue weighted by molar-refractivity contribution is -0.120. The maximum atomic E-state index is 12.0. The highest BCUT2D eigenvalue weighted by atomic mass is 16.5. The molecule has 1 atom stereocenters. The fourth-order valence-electron chi connectivity index (χ4n) is 2.13. The molecule has 108 valence electrons. The number of piperidine rings is 1. The highest BCUT2D eigenvalue weighted by Gasteiger charge is 2.20. The van der Waals surface area contributed by atoms with Crippen molar-refractivity contribution in [3.05, 3.63) is 24.3 Å². The molecule has 1 aromatic rings. The summed E-state index contributed by atoms with van der Waals surface area (Å²) in [5.41, 5.74) is 1.34. The Morgan fingerprint density at radius 2 is 1.85 bits per heavy atom. The number of benzene rings is 1. The van der Waals surface area contributed by atoms with Crippen molar-refractivity contribution in [1.82, 2.24) is 5.32 Å². The number of hydrogen-bond acceptors (Lipinski definition) is 4. The normalized spacial score (nSPS) is 18.1. The summed E-state index contributed by atoms with van der Waals surface area (Å²) in [5, 5.41) is 8.65. The van der Waals surface area contributed by atoms with Gasteiger partial charge in [0.1, 0.15) is 0 Å². The molecule has 6 heteroatoms. The maximum absolute atomic E-state index is 12.0. The van der Waals surface area contributed by atoms with Crippen LogP contribution in [-0.2, 0) is 9.53 Å². The first-order valence-corrected chi connectivity index (χ1v) is 6.65. The summed E-state index contributed by atoms with van der Waals surface area (Å²) in [6.45, 7) is 1.71. The predicted molar refractivity (Wildman–Crippen MR) is 76.7 cm³/mol. The van der Waals surface area contributed by atoms with Gasteiger partial charge in [0.2, 0.25) is 5.91 Å². The average molecular weight is 277 g/mol. The van der Waals surface area contributed by atoms with Gasteiger partial charge < -0.3 is 15.4 Å². The Morgan fingerprint density at radius 3 is 2.40 bits per heavy atom. The van der Waals surface area contributed by atoms with Gasteiger partial charge in [-0.2, -0.15) is 0 Å². The van der Waals surface area contributed by atoms with Crippen LogP contribution >= 0.6 is 0 Å². The molecule has 2 rings (SSSR count). The van der Waals surface area contributed by atoms with Crippen LogP contribution in [0.4, 0.5) is 16.2 Å². The van der Waals surface area contributed by atoms with Crippen LogP contribution in [0.1, 0.15) is 12.8 Å². The number of methoxy groups -OCH3 is 1. The molecule has 0 saturated carbocycles. The average Bonchev–Trinajstić information content (AvgIpc) is 2.50. The van der Waals surface area contributed by atoms with Crippen LogP contribution < -0.4 is 16.0 Å². The zero-order valence-electron chi connectivity index (χ0n) is 11.4. The molecule has 1 unspecified atom stereocenters. The highest BCUT2D eigenvalue weighted by Crippen LogP contribution is 2.17. The first-order chi connectivity index (χ1) is 9.69. The molecule has 0 aromatic heterocycles. The number of rotatable bonds is 3. The largest absolute Gasteiger partial charge is 0.453 e. The predicted octanol–water partition coefficient (Wildman–Crippen LogP) is 1.80. The number of anilines is 2. The quantitative estimate of drug-likeness (QED) is 0.787. The van der Waals surface area contributed by atoms with E-state index in [0.717, 1.165) is 31.6 Å². The van der Waals surface area contributed by atoms with Crippen molar-refractivity contribution in [2.45, 2.75) is 12.8 Å². The topological polar surface area (TPSA) is 79.5 Å². The fraction of sp³-hybridized carbons (Fsp3) is 0.429. The molecule has 6 nitrogen and oxygen atoms in total. The van der Waals surface area contributed by atoms with Crippen molar-refractivity contribution in [3.63, 3.8) is 0 Å². The van der Waals surface area contributed by atoms with Crippen molar-refractivity contribution < 1.29 is 14.3 Å². The second-order valence-corrected chi connectivity index (χ2v) is 4.73. The standard InChI is InChI=1S/C14H19N3O3/c1-20-14(19)17-12-6-4-11(5-7-12)16-13(18)10-3-2-8-15-9-10/h4-7,10,15H,2-3,8-9H2,1H3,(H,16,18)(H,17,19). The van der Waals surface area contributed by atoms with Crippen molar-refractivity contribution in [2.24, 2.45) is 5.92 Å². The fourth-order valence-corrected chi connectivity index (χ4v) is 2.13. The van der Waals surface area contributed by atoms with Crippen LogP contribution in [0.5, 0.6) is 0 Å². The van der Waals surface area contributed by atoms with Crippen LogP contribution in [0.2, 0.25) is 0 Å². The Bertz CT molecular complexity index is 467. The molecule has 1 aliphatic heterocycles. The zero-order valence-corrected chi connectivity index (χ0v) is 11.4. The van der Waals surface area contributed by atoms with Gasteiger partial charge in [-0.1, -0.05) is 0 Å². The molecule has 1 fully saturated rings. The van der Waals surface area contributed by atoms with Crippen LogP contribution in [-0.4, -0.2) is 32.2 Å². The molecule has 0 spiro atoms. The van der Waals surface area contributed by atoms with E-state index in [2.05, 4.69) is 20.7 Å². The lowest BCUT2D eigenvalue weighted by Gasteiger charge is -2.21. The Labute approximate surface area is 117 Å². The van der Waals surface area contributed by atoms with E-state index < -0.39 is 6.09 Å². The minimum absolute atomic E-state index is 0.0246. The molecule has 1 aromatic carbocycles. The van der Waals surface area contributed by atoms with Gasteiger partial charge in [0.05, 0.1) is 13.0 Å². The molecule has 0 radical (unpaired) electrons. The second-order valence-electron chi connectivity index (χ2n) is 4.73. The van der Waals surface area contributed by atoms with E-state index in [1.807, 2.05) is 0 Å². The first kappa shape index (κ1) is 14.3. The third kappa shape index (κ3) is 3.96. The van der Waals surface area contributed by atoms with Gasteiger partial charge in [0, 0.05) is 17.9 Å². The van der Waals surface area contributed by atoms with E-state index in [4.69, 9.17) is 0 Å². The minimum Gasteiger partial charge on any atom is -0.453 e. The Balaban J connectivity index is 1.89. The number of ether oxygens (including phenoxy) is 1. The van der Waals surface area contributed by atoms with E-state index in [0.29, 0.717) is 5.69 Å². The van der Waals surface area contributed by atoms with Gasteiger partial charge in [-0.25, -0.2) is 4.79 Å². The van der Waals surface area contributed by atoms with Crippen molar-refractivity contribution in [3.8, 4) is 0 Å². The number of carbonyl (C=O) groups is 2. The Kier molecular flexibility index (Phi) is 4.95. The van der Waals surface area contributed by atoms with Crippen LogP contribution in [0, 0.1) is 5.92 Å². The summed E-state index contributed by atoms with van der Waals surface area (Å²) >= 11 is 0. The zero-order chi connectivity index (χ0) is 14.4. The summed E-state index contributed by atoms with van der Waals surface area (Å²) in [7, 11) is 1.31. The molecule has 0 aliphatic carbocycles. The van der Waals surface area contributed by atoms with Crippen LogP contribution in [0.3, 0.4) is 0 Å². The SMILES string of the molecule is COC(=O)Nc1ccc(NC(=O)C2CCCNC2)cc1. The van der Waals surface area contributed by atoms with Gasteiger partial charge in [-0.05, 0) is 43.7 Å². The van der Waals surface area contributed by atoms with Crippen molar-refractivity contribution in [1.29, 1.82) is 0 Å². The number of carbonyl (C=O) groups excluding carboxylic acids is 2. The van der Waals surface area contributed by atoms with E-state index in [1.54, 1.807) is 24.3 Å². The molecule has 1 aliphatic rings. The van der Waals surface area contributed by atoms with Gasteiger partial charge >= 0.3 is 6.09 Å². The van der Waals surface area contributed by atoms with Gasteiger partial charge in [0.25, 0.3) is 0 Å². The summed E-state index contributed by atoms with van der Waals surface area (Å²) in [5.74, 6) is 0.0579. The molecule has 0 bridgehead atoms. The van der Waals surface area contributed by atoms with E-state index >= 15 is 0 Å². The second kappa shape index (κ2) is 6.91. The number of nitrogens with one attached hydrogen (secondary N) is 3. The van der Waals surface area contributed by atoms with Crippen LogP contribution in [0.15, 0.2) is 24.3 Å². The van der Waals surface area contributed by atoms with Gasteiger partial charge in [-0.3, -0.25) is 10.1 Å². The van der Waals surface area contributed by atoms with E-state index in [-0.39, 0.29) is 11.8 Å². The Morgan fingerprint density at radius 1 is 1.20 bits per heavy atom. The summed E-state index contributed by atoms with van der Waals surface area (Å²) in [4.78, 5) is 23.1. The highest BCUT2D eigenvalue weighted by molar-refractivity contribution is 5.93. The van der Waals surface area contributed by atoms with Gasteiger partial charge in [0.15, 0.2) is 0 Å². The lowest BCUT2D eigenvalue weighted by atomic mass is 9.99. The molecule has 1 saturated heterocycles. The number of amides is 2. The van der Waals surface area contributed by atoms with E-state index in [1.165, 1.54) is 7.11 Å². The van der Waals surface area contributed by atoms with Crippen LogP contribution in [0.25, 0.3) is 0 Å². The van der Waals surface area contributed by atoms with Gasteiger partial charge in [-0.15, -0.1) is 0 Å². The summed E-state index contributed by atoms with van der Waals surface area (Å²) in [6, 6.07) is 6.93. The molecule has 20 heavy (non-hydrogen) atoms. The summed E-state index contributed by atoms with van der Waals surface area (Å²) < 4.78 is 4.50.